The van der Waals surface area contributed by atoms with Crippen LogP contribution in [0, 0.1) is 5.92 Å². The Morgan fingerprint density at radius 1 is 0.848 bits per heavy atom. The fourth-order valence-electron chi connectivity index (χ4n) is 5.39. The molecule has 2 N–H and O–H groups in total. The molecule has 0 spiro atoms. The highest BCUT2D eigenvalue weighted by Gasteiger charge is 2.30. The summed E-state index contributed by atoms with van der Waals surface area (Å²) in [6.45, 7) is 3.53. The van der Waals surface area contributed by atoms with Crippen LogP contribution in [0.4, 0.5) is 11.4 Å². The van der Waals surface area contributed by atoms with E-state index in [2.05, 4.69) is 70.5 Å². The standard InChI is InChI=1S/C29H27N3O/c30-25-11-7-21(8-12-25)22-9-13-26(14-10-22)31-16-15-20(17-31)18-32-19-24-5-1-3-23-4-2-6-27(28(23)24)29(32)33/h1-14,20H,15-19,30H2. The lowest BCUT2D eigenvalue weighted by atomic mass is 9.94. The molecular formula is C29H27N3O. The van der Waals surface area contributed by atoms with Crippen molar-refractivity contribution in [2.75, 3.05) is 30.3 Å². The molecule has 1 fully saturated rings. The maximum atomic E-state index is 13.2. The zero-order valence-corrected chi connectivity index (χ0v) is 18.6. The number of anilines is 2. The predicted molar refractivity (Wildman–Crippen MR) is 135 cm³/mol. The van der Waals surface area contributed by atoms with Crippen LogP contribution in [0.1, 0.15) is 22.3 Å². The van der Waals surface area contributed by atoms with Crippen LogP contribution in [-0.2, 0) is 6.54 Å². The Hall–Kier alpha value is -3.79. The lowest BCUT2D eigenvalue weighted by Crippen LogP contribution is -2.38. The van der Waals surface area contributed by atoms with E-state index < -0.39 is 0 Å². The molecule has 1 unspecified atom stereocenters. The smallest absolute Gasteiger partial charge is 0.254 e. The van der Waals surface area contributed by atoms with E-state index in [0.717, 1.165) is 48.1 Å². The van der Waals surface area contributed by atoms with Gasteiger partial charge in [0.1, 0.15) is 0 Å². The number of rotatable bonds is 4. The van der Waals surface area contributed by atoms with Crippen molar-refractivity contribution in [3.63, 3.8) is 0 Å². The molecule has 6 rings (SSSR count). The molecule has 2 heterocycles. The van der Waals surface area contributed by atoms with Crippen LogP contribution < -0.4 is 10.6 Å². The quantitative estimate of drug-likeness (QED) is 0.428. The van der Waals surface area contributed by atoms with Gasteiger partial charge in [0.15, 0.2) is 0 Å². The van der Waals surface area contributed by atoms with E-state index in [1.165, 1.54) is 22.4 Å². The summed E-state index contributed by atoms with van der Waals surface area (Å²) >= 11 is 0. The Labute approximate surface area is 194 Å². The van der Waals surface area contributed by atoms with Crippen LogP contribution in [0.5, 0.6) is 0 Å². The first kappa shape index (κ1) is 19.9. The van der Waals surface area contributed by atoms with Crippen molar-refractivity contribution in [3.8, 4) is 11.1 Å². The lowest BCUT2D eigenvalue weighted by Gasteiger charge is -2.31. The van der Waals surface area contributed by atoms with Crippen LogP contribution in [0.3, 0.4) is 0 Å². The van der Waals surface area contributed by atoms with Gasteiger partial charge in [-0.05, 0) is 70.1 Å². The highest BCUT2D eigenvalue weighted by Crippen LogP contribution is 2.32. The third-order valence-electron chi connectivity index (χ3n) is 7.11. The SMILES string of the molecule is Nc1ccc(-c2ccc(N3CCC(CN4Cc5cccc6cccc(c56)C4=O)C3)cc2)cc1. The maximum absolute atomic E-state index is 13.2. The number of nitrogens with two attached hydrogens (primary N) is 1. The lowest BCUT2D eigenvalue weighted by molar-refractivity contribution is 0.0713. The van der Waals surface area contributed by atoms with E-state index in [1.54, 1.807) is 0 Å². The van der Waals surface area contributed by atoms with Gasteiger partial charge in [0, 0.05) is 43.1 Å². The van der Waals surface area contributed by atoms with Crippen molar-refractivity contribution in [2.24, 2.45) is 5.92 Å². The number of hydrogen-bond acceptors (Lipinski definition) is 3. The Kier molecular flexibility index (Phi) is 4.79. The number of hydrogen-bond donors (Lipinski definition) is 1. The largest absolute Gasteiger partial charge is 0.399 e. The van der Waals surface area contributed by atoms with Gasteiger partial charge < -0.3 is 15.5 Å². The molecule has 0 saturated carbocycles. The fraction of sp³-hybridized carbons (Fsp3) is 0.207. The van der Waals surface area contributed by atoms with Gasteiger partial charge in [-0.15, -0.1) is 0 Å². The van der Waals surface area contributed by atoms with Gasteiger partial charge in [0.25, 0.3) is 5.91 Å². The number of amides is 1. The normalized spacial score (nSPS) is 17.7. The monoisotopic (exact) mass is 433 g/mol. The number of benzene rings is 4. The summed E-state index contributed by atoms with van der Waals surface area (Å²) in [4.78, 5) is 17.7. The molecule has 4 nitrogen and oxygen atoms in total. The molecule has 33 heavy (non-hydrogen) atoms. The van der Waals surface area contributed by atoms with Crippen LogP contribution in [0.15, 0.2) is 84.9 Å². The summed E-state index contributed by atoms with van der Waals surface area (Å²) in [5.41, 5.74) is 12.3. The molecule has 2 aliphatic heterocycles. The average Bonchev–Trinajstić information content (AvgIpc) is 3.31. The molecule has 0 radical (unpaired) electrons. The summed E-state index contributed by atoms with van der Waals surface area (Å²) in [5.74, 6) is 0.654. The highest BCUT2D eigenvalue weighted by atomic mass is 16.2. The summed E-state index contributed by atoms with van der Waals surface area (Å²) < 4.78 is 0. The van der Waals surface area contributed by atoms with Crippen molar-refractivity contribution < 1.29 is 4.79 Å². The third kappa shape index (κ3) is 3.62. The Morgan fingerprint density at radius 2 is 1.55 bits per heavy atom. The van der Waals surface area contributed by atoms with Gasteiger partial charge in [-0.2, -0.15) is 0 Å². The number of carbonyl (C=O) groups excluding carboxylic acids is 1. The van der Waals surface area contributed by atoms with E-state index in [-0.39, 0.29) is 5.91 Å². The van der Waals surface area contributed by atoms with E-state index in [0.29, 0.717) is 12.5 Å². The second kappa shape index (κ2) is 7.96. The molecule has 164 valence electrons. The maximum Gasteiger partial charge on any atom is 0.254 e. The van der Waals surface area contributed by atoms with E-state index in [4.69, 9.17) is 5.73 Å². The van der Waals surface area contributed by atoms with Crippen LogP contribution in [0.25, 0.3) is 21.9 Å². The van der Waals surface area contributed by atoms with E-state index in [9.17, 15) is 4.79 Å². The molecule has 0 bridgehead atoms. The van der Waals surface area contributed by atoms with Gasteiger partial charge in [0.05, 0.1) is 0 Å². The van der Waals surface area contributed by atoms with Gasteiger partial charge in [0.2, 0.25) is 0 Å². The van der Waals surface area contributed by atoms with Gasteiger partial charge in [-0.25, -0.2) is 0 Å². The van der Waals surface area contributed by atoms with Gasteiger partial charge in [-0.3, -0.25) is 4.79 Å². The van der Waals surface area contributed by atoms with Crippen LogP contribution >= 0.6 is 0 Å². The van der Waals surface area contributed by atoms with Crippen molar-refractivity contribution in [1.29, 1.82) is 0 Å². The van der Waals surface area contributed by atoms with Crippen LogP contribution in [-0.4, -0.2) is 30.4 Å². The van der Waals surface area contributed by atoms with Crippen molar-refractivity contribution in [2.45, 2.75) is 13.0 Å². The molecule has 1 saturated heterocycles. The minimum absolute atomic E-state index is 0.172. The van der Waals surface area contributed by atoms with Crippen LogP contribution in [0.2, 0.25) is 0 Å². The molecular weight excluding hydrogens is 406 g/mol. The molecule has 0 aliphatic carbocycles. The minimum atomic E-state index is 0.172. The molecule has 0 aromatic heterocycles. The molecule has 4 aromatic carbocycles. The Balaban J connectivity index is 1.14. The third-order valence-corrected chi connectivity index (χ3v) is 7.11. The molecule has 2 aliphatic rings. The van der Waals surface area contributed by atoms with Crippen molar-refractivity contribution >= 4 is 28.1 Å². The van der Waals surface area contributed by atoms with Gasteiger partial charge in [-0.1, -0.05) is 54.6 Å². The zero-order chi connectivity index (χ0) is 22.4. The van der Waals surface area contributed by atoms with Gasteiger partial charge >= 0.3 is 0 Å². The first-order chi connectivity index (χ1) is 16.2. The fourth-order valence-corrected chi connectivity index (χ4v) is 5.39. The number of nitrogens with zero attached hydrogens (tertiary/aromatic N) is 2. The summed E-state index contributed by atoms with van der Waals surface area (Å²) in [5, 5.41) is 2.29. The highest BCUT2D eigenvalue weighted by molar-refractivity contribution is 6.10. The molecule has 4 heteroatoms. The average molecular weight is 434 g/mol. The predicted octanol–water partition coefficient (Wildman–Crippen LogP) is 5.57. The second-order valence-corrected chi connectivity index (χ2v) is 9.28. The second-order valence-electron chi connectivity index (χ2n) is 9.28. The summed E-state index contributed by atoms with van der Waals surface area (Å²) in [6, 6.07) is 29.2. The van der Waals surface area contributed by atoms with Crippen molar-refractivity contribution in [3.05, 3.63) is 96.1 Å². The number of nitrogen functional groups attached to an aromatic ring is 1. The van der Waals surface area contributed by atoms with Crippen molar-refractivity contribution in [1.82, 2.24) is 4.90 Å². The van der Waals surface area contributed by atoms with E-state index >= 15 is 0 Å². The summed E-state index contributed by atoms with van der Waals surface area (Å²) in [7, 11) is 0. The molecule has 1 atom stereocenters. The number of carbonyl (C=O) groups is 1. The zero-order valence-electron chi connectivity index (χ0n) is 18.6. The topological polar surface area (TPSA) is 49.6 Å². The Morgan fingerprint density at radius 3 is 2.30 bits per heavy atom. The minimum Gasteiger partial charge on any atom is -0.399 e. The Bertz CT molecular complexity index is 1320. The van der Waals surface area contributed by atoms with E-state index in [1.807, 2.05) is 24.3 Å². The summed E-state index contributed by atoms with van der Waals surface area (Å²) in [6.07, 6.45) is 1.11. The molecule has 4 aromatic rings. The first-order valence-corrected chi connectivity index (χ1v) is 11.7. The molecule has 1 amide bonds. The first-order valence-electron chi connectivity index (χ1n) is 11.7.